The summed E-state index contributed by atoms with van der Waals surface area (Å²) in [6.45, 7) is 4.56. The standard InChI is InChI=1S/C19H25N3O3S/c1-2-25-19(24)12-7-9-22(10-8-12)11-15-20-17(23)16-13-5-3-4-6-14(13)26-18(16)21-15/h12H,2-11H2,1H3,(H,20,21,23). The van der Waals surface area contributed by atoms with Gasteiger partial charge in [-0.1, -0.05) is 0 Å². The summed E-state index contributed by atoms with van der Waals surface area (Å²) in [5, 5.41) is 0.814. The Morgan fingerprint density at radius 1 is 1.31 bits per heavy atom. The molecule has 4 rings (SSSR count). The Bertz CT molecular complexity index is 865. The predicted octanol–water partition coefficient (Wildman–Crippen LogP) is 2.64. The van der Waals surface area contributed by atoms with E-state index in [1.54, 1.807) is 11.3 Å². The van der Waals surface area contributed by atoms with Crippen molar-refractivity contribution in [2.24, 2.45) is 5.92 Å². The number of piperidine rings is 1. The molecule has 0 amide bonds. The van der Waals surface area contributed by atoms with Gasteiger partial charge in [0, 0.05) is 4.88 Å². The van der Waals surface area contributed by atoms with Crippen molar-refractivity contribution in [1.82, 2.24) is 14.9 Å². The maximum atomic E-state index is 12.6. The monoisotopic (exact) mass is 375 g/mol. The molecule has 6 nitrogen and oxygen atoms in total. The summed E-state index contributed by atoms with van der Waals surface area (Å²) in [4.78, 5) is 36.7. The predicted molar refractivity (Wildman–Crippen MR) is 102 cm³/mol. The van der Waals surface area contributed by atoms with E-state index in [2.05, 4.69) is 9.88 Å². The Balaban J connectivity index is 1.47. The minimum Gasteiger partial charge on any atom is -0.466 e. The molecule has 0 unspecified atom stereocenters. The zero-order valence-electron chi connectivity index (χ0n) is 15.2. The molecule has 0 aromatic carbocycles. The van der Waals surface area contributed by atoms with E-state index in [9.17, 15) is 9.59 Å². The minimum absolute atomic E-state index is 0.00436. The first-order valence-corrected chi connectivity index (χ1v) is 10.4. The van der Waals surface area contributed by atoms with Crippen molar-refractivity contribution in [3.63, 3.8) is 0 Å². The van der Waals surface area contributed by atoms with Gasteiger partial charge in [0.15, 0.2) is 0 Å². The fourth-order valence-corrected chi connectivity index (χ4v) is 5.36. The topological polar surface area (TPSA) is 75.3 Å². The van der Waals surface area contributed by atoms with Crippen molar-refractivity contribution in [3.8, 4) is 0 Å². The summed E-state index contributed by atoms with van der Waals surface area (Å²) < 4.78 is 5.12. The Hall–Kier alpha value is -1.73. The van der Waals surface area contributed by atoms with Crippen molar-refractivity contribution < 1.29 is 9.53 Å². The van der Waals surface area contributed by atoms with Crippen LogP contribution in [-0.4, -0.2) is 40.5 Å². The number of hydrogen-bond donors (Lipinski definition) is 1. The number of aromatic amines is 1. The van der Waals surface area contributed by atoms with E-state index in [4.69, 9.17) is 9.72 Å². The van der Waals surface area contributed by atoms with Crippen LogP contribution in [0.4, 0.5) is 0 Å². The number of carbonyl (C=O) groups is 1. The van der Waals surface area contributed by atoms with Crippen LogP contribution in [0.2, 0.25) is 0 Å². The van der Waals surface area contributed by atoms with Gasteiger partial charge in [0.1, 0.15) is 10.7 Å². The van der Waals surface area contributed by atoms with Crippen LogP contribution in [-0.2, 0) is 28.9 Å². The molecule has 140 valence electrons. The lowest BCUT2D eigenvalue weighted by Gasteiger charge is -2.30. The molecule has 1 fully saturated rings. The Labute approximate surface area is 156 Å². The number of nitrogens with zero attached hydrogens (tertiary/aromatic N) is 2. The lowest BCUT2D eigenvalue weighted by atomic mass is 9.97. The van der Waals surface area contributed by atoms with E-state index in [1.807, 2.05) is 6.92 Å². The van der Waals surface area contributed by atoms with Crippen molar-refractivity contribution in [1.29, 1.82) is 0 Å². The zero-order valence-corrected chi connectivity index (χ0v) is 16.0. The number of rotatable bonds is 4. The fourth-order valence-electron chi connectivity index (χ4n) is 4.08. The Morgan fingerprint density at radius 3 is 2.85 bits per heavy atom. The van der Waals surface area contributed by atoms with Gasteiger partial charge < -0.3 is 9.72 Å². The first-order valence-electron chi connectivity index (χ1n) is 9.58. The number of likely N-dealkylation sites (tertiary alicyclic amines) is 1. The molecule has 1 aliphatic heterocycles. The normalized spacial score (nSPS) is 18.8. The molecule has 1 saturated heterocycles. The van der Waals surface area contributed by atoms with E-state index in [-0.39, 0.29) is 17.4 Å². The van der Waals surface area contributed by atoms with Crippen LogP contribution in [0, 0.1) is 5.92 Å². The molecule has 7 heteroatoms. The molecule has 1 aliphatic carbocycles. The third kappa shape index (κ3) is 3.42. The van der Waals surface area contributed by atoms with E-state index in [0.29, 0.717) is 13.2 Å². The summed E-state index contributed by atoms with van der Waals surface area (Å²) in [5.74, 6) is 0.657. The third-order valence-corrected chi connectivity index (χ3v) is 6.64. The van der Waals surface area contributed by atoms with Gasteiger partial charge >= 0.3 is 5.97 Å². The number of aromatic nitrogens is 2. The van der Waals surface area contributed by atoms with Crippen LogP contribution in [0.15, 0.2) is 4.79 Å². The molecule has 2 aliphatic rings. The van der Waals surface area contributed by atoms with Crippen LogP contribution in [0.5, 0.6) is 0 Å². The number of H-pyrrole nitrogens is 1. The van der Waals surface area contributed by atoms with Gasteiger partial charge in [-0.05, 0) is 64.1 Å². The van der Waals surface area contributed by atoms with E-state index >= 15 is 0 Å². The average molecular weight is 375 g/mol. The van der Waals surface area contributed by atoms with Gasteiger partial charge in [-0.25, -0.2) is 4.98 Å². The first-order chi connectivity index (χ1) is 12.7. The minimum atomic E-state index is -0.0794. The number of esters is 1. The summed E-state index contributed by atoms with van der Waals surface area (Å²) in [5.41, 5.74) is 1.23. The van der Waals surface area contributed by atoms with Gasteiger partial charge in [-0.2, -0.15) is 0 Å². The second-order valence-electron chi connectivity index (χ2n) is 7.21. The van der Waals surface area contributed by atoms with E-state index in [1.165, 1.54) is 16.9 Å². The number of thiophene rings is 1. The molecular formula is C19H25N3O3S. The molecule has 3 heterocycles. The summed E-state index contributed by atoms with van der Waals surface area (Å²) in [7, 11) is 0. The second kappa shape index (κ2) is 7.48. The second-order valence-corrected chi connectivity index (χ2v) is 8.29. The van der Waals surface area contributed by atoms with Crippen molar-refractivity contribution in [3.05, 3.63) is 26.6 Å². The SMILES string of the molecule is CCOC(=O)C1CCN(Cc2nc3sc4c(c3c(=O)[nH]2)CCCC4)CC1. The van der Waals surface area contributed by atoms with Crippen molar-refractivity contribution in [2.75, 3.05) is 19.7 Å². The highest BCUT2D eigenvalue weighted by Gasteiger charge is 2.26. The summed E-state index contributed by atoms with van der Waals surface area (Å²) >= 11 is 1.69. The highest BCUT2D eigenvalue weighted by atomic mass is 32.1. The Kier molecular flexibility index (Phi) is 5.09. The first kappa shape index (κ1) is 17.7. The van der Waals surface area contributed by atoms with Crippen LogP contribution in [0.1, 0.15) is 48.9 Å². The highest BCUT2D eigenvalue weighted by Crippen LogP contribution is 2.33. The largest absolute Gasteiger partial charge is 0.466 e. The molecule has 0 atom stereocenters. The molecule has 0 bridgehead atoms. The molecule has 1 N–H and O–H groups in total. The number of aryl methyl sites for hydroxylation is 2. The highest BCUT2D eigenvalue weighted by molar-refractivity contribution is 7.18. The van der Waals surface area contributed by atoms with Crippen LogP contribution >= 0.6 is 11.3 Å². The number of ether oxygens (including phenoxy) is 1. The maximum Gasteiger partial charge on any atom is 0.309 e. The molecule has 0 saturated carbocycles. The maximum absolute atomic E-state index is 12.6. The number of hydrogen-bond acceptors (Lipinski definition) is 6. The smallest absolute Gasteiger partial charge is 0.309 e. The summed E-state index contributed by atoms with van der Waals surface area (Å²) in [6, 6.07) is 0. The van der Waals surface area contributed by atoms with Gasteiger partial charge in [-0.3, -0.25) is 14.5 Å². The number of nitrogens with one attached hydrogen (secondary N) is 1. The van der Waals surface area contributed by atoms with Gasteiger partial charge in [-0.15, -0.1) is 11.3 Å². The van der Waals surface area contributed by atoms with E-state index in [0.717, 1.165) is 61.2 Å². The zero-order chi connectivity index (χ0) is 18.1. The van der Waals surface area contributed by atoms with E-state index < -0.39 is 0 Å². The van der Waals surface area contributed by atoms with Gasteiger partial charge in [0.05, 0.1) is 24.5 Å². The fraction of sp³-hybridized carbons (Fsp3) is 0.632. The van der Waals surface area contributed by atoms with Gasteiger partial charge in [0.25, 0.3) is 5.56 Å². The lowest BCUT2D eigenvalue weighted by molar-refractivity contribution is -0.149. The van der Waals surface area contributed by atoms with Crippen LogP contribution < -0.4 is 5.56 Å². The Morgan fingerprint density at radius 2 is 2.08 bits per heavy atom. The van der Waals surface area contributed by atoms with Crippen molar-refractivity contribution in [2.45, 2.75) is 52.0 Å². The molecular weight excluding hydrogens is 350 g/mol. The van der Waals surface area contributed by atoms with Crippen LogP contribution in [0.3, 0.4) is 0 Å². The average Bonchev–Trinajstić information content (AvgIpc) is 3.01. The molecule has 0 spiro atoms. The number of carbonyl (C=O) groups excluding carboxylic acids is 1. The van der Waals surface area contributed by atoms with Crippen molar-refractivity contribution >= 4 is 27.5 Å². The quantitative estimate of drug-likeness (QED) is 0.832. The third-order valence-electron chi connectivity index (χ3n) is 5.45. The number of fused-ring (bicyclic) bond motifs is 3. The molecule has 0 radical (unpaired) electrons. The summed E-state index contributed by atoms with van der Waals surface area (Å²) in [6.07, 6.45) is 6.06. The molecule has 2 aromatic heterocycles. The molecule has 2 aromatic rings. The van der Waals surface area contributed by atoms with Gasteiger partial charge in [0.2, 0.25) is 0 Å². The van der Waals surface area contributed by atoms with Crippen LogP contribution in [0.25, 0.3) is 10.2 Å². The lowest BCUT2D eigenvalue weighted by Crippen LogP contribution is -2.37. The molecule has 26 heavy (non-hydrogen) atoms.